The van der Waals surface area contributed by atoms with Crippen LogP contribution in [0.15, 0.2) is 164 Å². The Morgan fingerprint density at radius 1 is 0.418 bits per heavy atom. The van der Waals surface area contributed by atoms with Crippen LogP contribution in [0.5, 0.6) is 0 Å². The molecule has 7 aromatic carbocycles. The van der Waals surface area contributed by atoms with E-state index in [0.29, 0.717) is 54.0 Å². The summed E-state index contributed by atoms with van der Waals surface area (Å²) in [5.74, 6) is 12.0. The van der Waals surface area contributed by atoms with E-state index in [1.807, 2.05) is 34.6 Å². The van der Waals surface area contributed by atoms with E-state index >= 15 is 0 Å². The van der Waals surface area contributed by atoms with E-state index in [4.69, 9.17) is 14.2 Å². The fraction of sp³-hybridized carbons (Fsp3) is 0.575. The van der Waals surface area contributed by atoms with Crippen molar-refractivity contribution < 1.29 is 19.0 Å². The van der Waals surface area contributed by atoms with Crippen molar-refractivity contribution in [1.29, 1.82) is 0 Å². The molecule has 0 aliphatic heterocycles. The monoisotopic (exact) mass is 1490 g/mol. The van der Waals surface area contributed by atoms with Crippen LogP contribution in [0, 0.1) is 53.3 Å². The Bertz CT molecular complexity index is 3830. The molecule has 4 aliphatic rings. The highest BCUT2D eigenvalue weighted by molar-refractivity contribution is 5.88. The van der Waals surface area contributed by atoms with Gasteiger partial charge in [0.25, 0.3) is 0 Å². The van der Waals surface area contributed by atoms with Crippen LogP contribution in [0.4, 0.5) is 0 Å². The van der Waals surface area contributed by atoms with Gasteiger partial charge in [-0.2, -0.15) is 0 Å². The molecule has 110 heavy (non-hydrogen) atoms. The van der Waals surface area contributed by atoms with Crippen molar-refractivity contribution in [1.82, 2.24) is 0 Å². The Morgan fingerprint density at radius 2 is 0.809 bits per heavy atom. The van der Waals surface area contributed by atoms with Crippen LogP contribution in [0.25, 0.3) is 11.1 Å². The van der Waals surface area contributed by atoms with Gasteiger partial charge in [0.15, 0.2) is 0 Å². The zero-order valence-corrected chi connectivity index (χ0v) is 75.7. The molecule has 4 heteroatoms. The first-order chi connectivity index (χ1) is 51.9. The quantitative estimate of drug-likeness (QED) is 0.0501. The zero-order valence-electron chi connectivity index (χ0n) is 75.7. The number of rotatable bonds is 22. The summed E-state index contributed by atoms with van der Waals surface area (Å²) >= 11 is 0. The molecule has 7 atom stereocenters. The lowest BCUT2D eigenvalue weighted by molar-refractivity contribution is -0.150. The third kappa shape index (κ3) is 21.1. The summed E-state index contributed by atoms with van der Waals surface area (Å²) in [5, 5.41) is 0. The van der Waals surface area contributed by atoms with Crippen molar-refractivity contribution in [3.8, 4) is 11.1 Å². The van der Waals surface area contributed by atoms with E-state index in [1.165, 1.54) is 104 Å². The molecule has 0 N–H and O–H groups in total. The summed E-state index contributed by atoms with van der Waals surface area (Å²) in [6.45, 7) is 76.2. The minimum atomic E-state index is -0.805. The predicted molar refractivity (Wildman–Crippen MR) is 478 cm³/mol. The molecule has 7 aromatic rings. The average Bonchev–Trinajstić information content (AvgIpc) is 0.772. The van der Waals surface area contributed by atoms with Gasteiger partial charge in [0.2, 0.25) is 0 Å². The number of fused-ring (bicyclic) bond motifs is 8. The van der Waals surface area contributed by atoms with E-state index in [0.717, 1.165) is 70.8 Å². The Hall–Kier alpha value is -6.49. The topological polar surface area (TPSA) is 44.8 Å². The van der Waals surface area contributed by atoms with Crippen molar-refractivity contribution >= 4 is 5.97 Å². The average molecular weight is 1490 g/mol. The molecule has 2 fully saturated rings. The molecule has 0 amide bonds. The number of carbonyl (C=O) groups excluding carboxylic acids is 1. The molecule has 0 aromatic heterocycles. The van der Waals surface area contributed by atoms with Gasteiger partial charge < -0.3 is 14.2 Å². The third-order valence-corrected chi connectivity index (χ3v) is 25.1. The lowest BCUT2D eigenvalue weighted by atomic mass is 9.59. The minimum absolute atomic E-state index is 0.0614. The lowest BCUT2D eigenvalue weighted by Crippen LogP contribution is -2.43. The molecule has 0 spiro atoms. The minimum Gasteiger partial charge on any atom is -0.495 e. The van der Waals surface area contributed by atoms with Gasteiger partial charge in [-0.1, -0.05) is 345 Å². The van der Waals surface area contributed by atoms with E-state index in [-0.39, 0.29) is 34.9 Å². The second-order valence-electron chi connectivity index (χ2n) is 37.1. The van der Waals surface area contributed by atoms with Gasteiger partial charge in [0.1, 0.15) is 11.2 Å². The standard InChI is InChI=1S/C27H38O.C26H40.C25H34O2.C24H32O.2C2H6/c1-18(2)23-10-14-25(15-11-23)27(20(5)6,22(9)28-21(7)8)26-16-12-24(13-17-26)19(3)4;1-15(2)18-7-9-20-19(13-18)8-10-22-21(20)11-12-23-25(22)14-24(16(3)4)26(23)17(5)6;1-8-27-24(26)25(19(6)7,22-13-9-20(10-14-22)17(2)3)23-15-11-21(12-16-23)18(4)5;1-15(2)17-8-10-19-20-11-9-18(24(5,6)7)13-22(20)23(21(19)12-17)14-25-16(3)4;2*1-2/h10-21H,9H2,1-8H3;7,9,13,15-17,21-26H,8,10-12,14H2,1-6H3;9-19H,8H2,1-7H3;8-13,15-16,23H,14H2,1-7H3;2*1-2H3/t;21-,22-,23+,24?,25+,26?;;;;/m.1..../s1. The molecule has 604 valence electrons. The van der Waals surface area contributed by atoms with Crippen LogP contribution >= 0.6 is 0 Å². The molecule has 0 radical (unpaired) electrons. The number of aryl methyl sites for hydroxylation is 1. The van der Waals surface area contributed by atoms with E-state index in [2.05, 4.69) is 345 Å². The fourth-order valence-corrected chi connectivity index (χ4v) is 19.0. The van der Waals surface area contributed by atoms with Crippen molar-refractivity contribution in [2.45, 2.75) is 329 Å². The first-order valence-corrected chi connectivity index (χ1v) is 43.9. The summed E-state index contributed by atoms with van der Waals surface area (Å²) in [6.07, 6.45) is 7.60. The van der Waals surface area contributed by atoms with Gasteiger partial charge in [0.05, 0.1) is 30.8 Å². The van der Waals surface area contributed by atoms with Crippen molar-refractivity contribution in [2.24, 2.45) is 53.3 Å². The smallest absolute Gasteiger partial charge is 0.321 e. The largest absolute Gasteiger partial charge is 0.495 e. The Kier molecular flexibility index (Phi) is 34.4. The van der Waals surface area contributed by atoms with Crippen LogP contribution in [0.2, 0.25) is 0 Å². The number of carbonyl (C=O) groups is 1. The molecule has 11 rings (SSSR count). The Labute approximate surface area is 675 Å². The summed E-state index contributed by atoms with van der Waals surface area (Å²) in [4.78, 5) is 13.3. The second kappa shape index (κ2) is 41.0. The molecule has 0 saturated heterocycles. The Balaban J connectivity index is 0.000000225. The van der Waals surface area contributed by atoms with Crippen LogP contribution < -0.4 is 0 Å². The molecule has 2 saturated carbocycles. The number of allylic oxidation sites excluding steroid dienone is 1. The number of hydrogen-bond donors (Lipinski definition) is 0. The van der Waals surface area contributed by atoms with Crippen LogP contribution in [0.3, 0.4) is 0 Å². The van der Waals surface area contributed by atoms with Gasteiger partial charge in [0, 0.05) is 5.92 Å². The highest BCUT2D eigenvalue weighted by atomic mass is 16.5. The van der Waals surface area contributed by atoms with Crippen molar-refractivity contribution in [3.05, 3.63) is 247 Å². The molecule has 4 aliphatic carbocycles. The van der Waals surface area contributed by atoms with Crippen LogP contribution in [0.1, 0.15) is 378 Å². The number of ether oxygens (including phenoxy) is 3. The maximum Gasteiger partial charge on any atom is 0.321 e. The van der Waals surface area contributed by atoms with Gasteiger partial charge in [-0.25, -0.2) is 0 Å². The van der Waals surface area contributed by atoms with Crippen molar-refractivity contribution in [2.75, 3.05) is 13.2 Å². The zero-order chi connectivity index (χ0) is 82.2. The second-order valence-corrected chi connectivity index (χ2v) is 37.1. The van der Waals surface area contributed by atoms with Gasteiger partial charge in [-0.05, 0) is 261 Å². The SMILES string of the molecule is C=C(OC(C)C)C(c1ccc(C(C)C)cc1)(c1ccc(C(C)C)cc1)C(C)C.CC.CC.CC(C)OCC1c2cc(C(C)C)ccc2-c2ccc(C(C)(C)C)cc21.CC(C)c1ccc2c(c1)CC[C@H]1[C@@H]3CC(C(C)C)C(C(C)C)[C@H]3CC[C@H]21.CCOC(=O)C(c1ccc(C(C)C)cc1)(c1ccc(C(C)C)cc1)C(C)C. The number of benzene rings is 7. The highest BCUT2D eigenvalue weighted by Crippen LogP contribution is 2.61. The van der Waals surface area contributed by atoms with E-state index in [1.54, 1.807) is 11.1 Å². The molecule has 0 heterocycles. The fourth-order valence-electron chi connectivity index (χ4n) is 19.0. The number of esters is 1. The maximum absolute atomic E-state index is 13.3. The molecular formula is C106H156O4. The summed E-state index contributed by atoms with van der Waals surface area (Å²) in [6, 6.07) is 56.6. The van der Waals surface area contributed by atoms with Gasteiger partial charge in [-0.15, -0.1) is 0 Å². The first-order valence-electron chi connectivity index (χ1n) is 43.9. The van der Waals surface area contributed by atoms with E-state index in [9.17, 15) is 4.79 Å². The first kappa shape index (κ1) is 92.4. The maximum atomic E-state index is 13.3. The van der Waals surface area contributed by atoms with Crippen LogP contribution in [-0.4, -0.2) is 31.4 Å². The lowest BCUT2D eigenvalue weighted by Gasteiger charge is -2.46. The summed E-state index contributed by atoms with van der Waals surface area (Å²) < 4.78 is 17.9. The third-order valence-electron chi connectivity index (χ3n) is 25.1. The predicted octanol–water partition coefficient (Wildman–Crippen LogP) is 30.4. The van der Waals surface area contributed by atoms with Crippen molar-refractivity contribution in [3.63, 3.8) is 0 Å². The molecule has 0 bridgehead atoms. The summed E-state index contributed by atoms with van der Waals surface area (Å²) in [7, 11) is 0. The summed E-state index contributed by atoms with van der Waals surface area (Å²) in [5.41, 5.74) is 22.1. The molecular weight excluding hydrogens is 1340 g/mol. The highest BCUT2D eigenvalue weighted by Gasteiger charge is 2.53. The Morgan fingerprint density at radius 3 is 1.19 bits per heavy atom. The molecule has 4 nitrogen and oxygen atoms in total. The van der Waals surface area contributed by atoms with Crippen LogP contribution in [-0.2, 0) is 41.7 Å². The van der Waals surface area contributed by atoms with Gasteiger partial charge >= 0.3 is 5.97 Å². The molecule has 3 unspecified atom stereocenters. The number of hydrogen-bond acceptors (Lipinski definition) is 4. The normalized spacial score (nSPS) is 18.5. The van der Waals surface area contributed by atoms with Gasteiger partial charge in [-0.3, -0.25) is 4.79 Å². The van der Waals surface area contributed by atoms with E-state index < -0.39 is 5.41 Å².